The Hall–Kier alpha value is -6.78. The Kier molecular flexibility index (Phi) is 7.09. The molecule has 9 aromatic rings. The van der Waals surface area contributed by atoms with E-state index in [2.05, 4.69) is 179 Å². The van der Waals surface area contributed by atoms with E-state index in [1.165, 1.54) is 110 Å². The van der Waals surface area contributed by atoms with Crippen LogP contribution >= 0.6 is 0 Å². The van der Waals surface area contributed by atoms with E-state index >= 15 is 0 Å². The first-order valence-electron chi connectivity index (χ1n) is 19.0. The van der Waals surface area contributed by atoms with Crippen LogP contribution in [0.15, 0.2) is 158 Å². The molecule has 2 aliphatic heterocycles. The van der Waals surface area contributed by atoms with Gasteiger partial charge in [-0.15, -0.1) is 0 Å². The Balaban J connectivity index is 0.953. The maximum absolute atomic E-state index is 3.68. The molecule has 2 heterocycles. The largest absolute Gasteiger partial charge is 0.381 e. The quantitative estimate of drug-likeness (QED) is 0.139. The van der Waals surface area contributed by atoms with Crippen LogP contribution in [0.5, 0.6) is 0 Å². The maximum Gasteiger partial charge on any atom is 0.0662 e. The smallest absolute Gasteiger partial charge is 0.0662 e. The zero-order chi connectivity index (χ0) is 35.6. The molecule has 0 fully saturated rings. The summed E-state index contributed by atoms with van der Waals surface area (Å²) < 4.78 is 0. The molecule has 0 saturated carbocycles. The van der Waals surface area contributed by atoms with Crippen molar-refractivity contribution in [2.24, 2.45) is 0 Å². The Bertz CT molecular complexity index is 2760. The van der Waals surface area contributed by atoms with Gasteiger partial charge in [0.05, 0.1) is 22.7 Å². The topological polar surface area (TPSA) is 48.1 Å². The molecule has 258 valence electrons. The lowest BCUT2D eigenvalue weighted by Crippen LogP contribution is -2.21. The number of rotatable bonds is 4. The fourth-order valence-corrected chi connectivity index (χ4v) is 8.86. The third kappa shape index (κ3) is 4.98. The van der Waals surface area contributed by atoms with Crippen LogP contribution in [0.1, 0.15) is 0 Å². The molecule has 0 atom stereocenters. The lowest BCUT2D eigenvalue weighted by atomic mass is 9.92. The van der Waals surface area contributed by atoms with Crippen molar-refractivity contribution in [3.63, 3.8) is 0 Å². The van der Waals surface area contributed by atoms with Crippen LogP contribution in [0.3, 0.4) is 0 Å². The Morgan fingerprint density at radius 3 is 0.833 bits per heavy atom. The van der Waals surface area contributed by atoms with E-state index < -0.39 is 0 Å². The molecule has 0 bridgehead atoms. The van der Waals surface area contributed by atoms with Crippen LogP contribution in [-0.2, 0) is 0 Å². The monoisotopic (exact) mass is 694 g/mol. The van der Waals surface area contributed by atoms with Gasteiger partial charge in [-0.1, -0.05) is 127 Å². The summed E-state index contributed by atoms with van der Waals surface area (Å²) in [6.07, 6.45) is 0. The molecule has 0 radical (unpaired) electrons. The molecular weight excluding hydrogens is 657 g/mol. The van der Waals surface area contributed by atoms with Crippen LogP contribution < -0.4 is 21.3 Å². The Morgan fingerprint density at radius 2 is 0.500 bits per heavy atom. The van der Waals surface area contributed by atoms with E-state index in [1.54, 1.807) is 0 Å². The van der Waals surface area contributed by atoms with Crippen LogP contribution in [0, 0.1) is 0 Å². The van der Waals surface area contributed by atoms with Gasteiger partial charge < -0.3 is 21.3 Å². The molecule has 0 aromatic heterocycles. The van der Waals surface area contributed by atoms with E-state index in [-0.39, 0.29) is 0 Å². The summed E-state index contributed by atoms with van der Waals surface area (Å²) in [5.74, 6) is 0. The van der Waals surface area contributed by atoms with Gasteiger partial charge in [0, 0.05) is 47.7 Å². The van der Waals surface area contributed by atoms with E-state index in [0.717, 1.165) is 26.2 Å². The Labute approximate surface area is 314 Å². The van der Waals surface area contributed by atoms with Gasteiger partial charge in [-0.2, -0.15) is 0 Å². The number of hydrogen-bond acceptors (Lipinski definition) is 4. The molecule has 0 aliphatic carbocycles. The first kappa shape index (κ1) is 30.8. The SMILES string of the molecule is c1cc(-c2cccc(-c3ccc4c5c(c6ccccc6c4c3)NCCN5)c2)cc(-c2cccc(-c3ccc4c5c(c6ccccc6c4c3)NCCN5)c2)c1. The van der Waals surface area contributed by atoms with Gasteiger partial charge in [0.1, 0.15) is 0 Å². The number of hydrogen-bond donors (Lipinski definition) is 4. The molecule has 4 nitrogen and oxygen atoms in total. The second-order valence-corrected chi connectivity index (χ2v) is 14.6. The second kappa shape index (κ2) is 12.4. The molecule has 9 aromatic carbocycles. The van der Waals surface area contributed by atoms with Gasteiger partial charge >= 0.3 is 0 Å². The third-order valence-corrected chi connectivity index (χ3v) is 11.4. The normalized spacial score (nSPS) is 13.5. The number of fused-ring (bicyclic) bond motifs is 12. The van der Waals surface area contributed by atoms with E-state index in [1.807, 2.05) is 0 Å². The Morgan fingerprint density at radius 1 is 0.222 bits per heavy atom. The van der Waals surface area contributed by atoms with Crippen molar-refractivity contribution in [2.45, 2.75) is 0 Å². The van der Waals surface area contributed by atoms with Gasteiger partial charge in [0.2, 0.25) is 0 Å². The highest BCUT2D eigenvalue weighted by Gasteiger charge is 2.19. The molecule has 2 aliphatic rings. The molecule has 4 N–H and O–H groups in total. The number of nitrogens with one attached hydrogen (secondary N) is 4. The summed E-state index contributed by atoms with van der Waals surface area (Å²) in [5.41, 5.74) is 14.5. The van der Waals surface area contributed by atoms with Crippen molar-refractivity contribution < 1.29 is 0 Å². The van der Waals surface area contributed by atoms with Crippen LogP contribution in [0.4, 0.5) is 22.7 Å². The summed E-state index contributed by atoms with van der Waals surface area (Å²) in [6, 6.07) is 58.3. The minimum Gasteiger partial charge on any atom is -0.381 e. The standard InChI is InChI=1S/C50H38N4/c1-3-16-41-39(14-1)45-29-37(18-20-43(45)49-47(41)51-22-24-53-49)35-12-6-10-33(27-35)31-8-5-9-32(26-31)34-11-7-13-36(28-34)38-19-21-44-46(30-38)40-15-2-4-17-42(40)48-50(44)54-25-23-52-48/h1-21,26-30,51-54H,22-25H2. The van der Waals surface area contributed by atoms with E-state index in [9.17, 15) is 0 Å². The summed E-state index contributed by atoms with van der Waals surface area (Å²) in [7, 11) is 0. The predicted molar refractivity (Wildman–Crippen MR) is 232 cm³/mol. The van der Waals surface area contributed by atoms with Crippen molar-refractivity contribution in [1.82, 2.24) is 0 Å². The molecule has 0 spiro atoms. The zero-order valence-electron chi connectivity index (χ0n) is 29.8. The number of benzene rings is 9. The maximum atomic E-state index is 3.68. The summed E-state index contributed by atoms with van der Waals surface area (Å²) in [6.45, 7) is 3.71. The van der Waals surface area contributed by atoms with Gasteiger partial charge in [-0.25, -0.2) is 0 Å². The van der Waals surface area contributed by atoms with Crippen molar-refractivity contribution in [3.05, 3.63) is 158 Å². The lowest BCUT2D eigenvalue weighted by molar-refractivity contribution is 1.06. The molecule has 11 rings (SSSR count). The third-order valence-electron chi connectivity index (χ3n) is 11.4. The van der Waals surface area contributed by atoms with Crippen LogP contribution in [0.2, 0.25) is 0 Å². The highest BCUT2D eigenvalue weighted by molar-refractivity contribution is 6.22. The molecule has 0 unspecified atom stereocenters. The first-order valence-corrected chi connectivity index (χ1v) is 19.0. The second-order valence-electron chi connectivity index (χ2n) is 14.6. The highest BCUT2D eigenvalue weighted by atomic mass is 15.0. The van der Waals surface area contributed by atoms with Gasteiger partial charge in [0.15, 0.2) is 0 Å². The summed E-state index contributed by atoms with van der Waals surface area (Å²) in [5, 5.41) is 24.8. The van der Waals surface area contributed by atoms with Gasteiger partial charge in [0.25, 0.3) is 0 Å². The van der Waals surface area contributed by atoms with Crippen LogP contribution in [-0.4, -0.2) is 26.2 Å². The molecule has 4 heteroatoms. The lowest BCUT2D eigenvalue weighted by Gasteiger charge is -2.24. The van der Waals surface area contributed by atoms with Crippen molar-refractivity contribution >= 4 is 65.8 Å². The average Bonchev–Trinajstić information content (AvgIpc) is 3.26. The van der Waals surface area contributed by atoms with Gasteiger partial charge in [-0.3, -0.25) is 0 Å². The van der Waals surface area contributed by atoms with Gasteiger partial charge in [-0.05, 0) is 96.4 Å². The first-order chi connectivity index (χ1) is 26.8. The molecule has 0 saturated heterocycles. The average molecular weight is 695 g/mol. The summed E-state index contributed by atoms with van der Waals surface area (Å²) in [4.78, 5) is 0. The zero-order valence-corrected chi connectivity index (χ0v) is 29.8. The fraction of sp³-hybridized carbons (Fsp3) is 0.0800. The van der Waals surface area contributed by atoms with Crippen LogP contribution in [0.25, 0.3) is 87.6 Å². The van der Waals surface area contributed by atoms with Crippen molar-refractivity contribution in [3.8, 4) is 44.5 Å². The van der Waals surface area contributed by atoms with Crippen molar-refractivity contribution in [2.75, 3.05) is 47.4 Å². The minimum atomic E-state index is 0.923. The predicted octanol–water partition coefficient (Wildman–Crippen LogP) is 12.6. The fourth-order valence-electron chi connectivity index (χ4n) is 8.86. The number of anilines is 4. The molecule has 54 heavy (non-hydrogen) atoms. The summed E-state index contributed by atoms with van der Waals surface area (Å²) >= 11 is 0. The highest BCUT2D eigenvalue weighted by Crippen LogP contribution is 2.44. The molecular formula is C50H38N4. The molecule has 0 amide bonds. The van der Waals surface area contributed by atoms with Crippen molar-refractivity contribution in [1.29, 1.82) is 0 Å². The van der Waals surface area contributed by atoms with E-state index in [0.29, 0.717) is 0 Å². The van der Waals surface area contributed by atoms with E-state index in [4.69, 9.17) is 0 Å². The minimum absolute atomic E-state index is 0.923.